The summed E-state index contributed by atoms with van der Waals surface area (Å²) in [7, 11) is 0. The van der Waals surface area contributed by atoms with Crippen LogP contribution >= 0.6 is 0 Å². The van der Waals surface area contributed by atoms with Gasteiger partial charge in [0.25, 0.3) is 0 Å². The maximum absolute atomic E-state index is 12.4. The van der Waals surface area contributed by atoms with Crippen molar-refractivity contribution in [3.05, 3.63) is 42.5 Å². The fourth-order valence-corrected chi connectivity index (χ4v) is 2.85. The van der Waals surface area contributed by atoms with E-state index < -0.39 is 6.04 Å². The summed E-state index contributed by atoms with van der Waals surface area (Å²) in [6, 6.07) is 12.9. The summed E-state index contributed by atoms with van der Waals surface area (Å²) in [4.78, 5) is 25.5. The molecular formula is C17H17NO3. The van der Waals surface area contributed by atoms with Crippen LogP contribution in [0, 0.1) is 0 Å². The number of benzene rings is 2. The van der Waals surface area contributed by atoms with Crippen molar-refractivity contribution in [3.63, 3.8) is 0 Å². The van der Waals surface area contributed by atoms with Gasteiger partial charge in [0.1, 0.15) is 11.8 Å². The first-order valence-corrected chi connectivity index (χ1v) is 7.13. The summed E-state index contributed by atoms with van der Waals surface area (Å²) >= 11 is 0. The fraction of sp³-hybridized carbons (Fsp3) is 0.294. The van der Waals surface area contributed by atoms with Crippen molar-refractivity contribution < 1.29 is 14.3 Å². The number of nitrogens with zero attached hydrogens (tertiary/aromatic N) is 1. The van der Waals surface area contributed by atoms with Crippen LogP contribution in [0.4, 0.5) is 0 Å². The van der Waals surface area contributed by atoms with E-state index in [0.717, 1.165) is 17.2 Å². The number of carbonyl (C=O) groups is 2. The summed E-state index contributed by atoms with van der Waals surface area (Å²) in [6.07, 6.45) is 1.51. The highest BCUT2D eigenvalue weighted by molar-refractivity contribution is 5.92. The molecule has 1 saturated heterocycles. The summed E-state index contributed by atoms with van der Waals surface area (Å²) in [5.74, 6) is 0.125. The first-order chi connectivity index (χ1) is 10.2. The SMILES string of the molecule is CC(=O)N1CCCC1C(=O)Oc1cccc2ccccc12. The zero-order valence-corrected chi connectivity index (χ0v) is 11.9. The quantitative estimate of drug-likeness (QED) is 0.629. The number of carbonyl (C=O) groups excluding carboxylic acids is 2. The van der Waals surface area contributed by atoms with Gasteiger partial charge in [-0.2, -0.15) is 0 Å². The molecule has 4 nitrogen and oxygen atoms in total. The van der Waals surface area contributed by atoms with Crippen LogP contribution in [-0.2, 0) is 9.59 Å². The highest BCUT2D eigenvalue weighted by Crippen LogP contribution is 2.27. The van der Waals surface area contributed by atoms with Crippen LogP contribution in [0.25, 0.3) is 10.8 Å². The van der Waals surface area contributed by atoms with Crippen molar-refractivity contribution in [1.82, 2.24) is 4.90 Å². The maximum atomic E-state index is 12.4. The molecule has 3 rings (SSSR count). The van der Waals surface area contributed by atoms with Gasteiger partial charge in [0.15, 0.2) is 0 Å². The Kier molecular flexibility index (Phi) is 3.60. The van der Waals surface area contributed by atoms with Gasteiger partial charge in [-0.15, -0.1) is 0 Å². The minimum absolute atomic E-state index is 0.0765. The van der Waals surface area contributed by atoms with Crippen LogP contribution in [0.3, 0.4) is 0 Å². The van der Waals surface area contributed by atoms with Crippen molar-refractivity contribution in [1.29, 1.82) is 0 Å². The molecule has 1 aliphatic rings. The average Bonchev–Trinajstić information content (AvgIpc) is 2.97. The van der Waals surface area contributed by atoms with Crippen LogP contribution in [0.5, 0.6) is 5.75 Å². The van der Waals surface area contributed by atoms with E-state index in [4.69, 9.17) is 4.74 Å². The third-order valence-electron chi connectivity index (χ3n) is 3.89. The van der Waals surface area contributed by atoms with Gasteiger partial charge in [0, 0.05) is 18.9 Å². The molecule has 0 saturated carbocycles. The molecule has 0 N–H and O–H groups in total. The molecule has 1 aliphatic heterocycles. The van der Waals surface area contributed by atoms with Gasteiger partial charge in [-0.25, -0.2) is 4.79 Å². The lowest BCUT2D eigenvalue weighted by Crippen LogP contribution is -2.41. The van der Waals surface area contributed by atoms with E-state index in [-0.39, 0.29) is 11.9 Å². The fourth-order valence-electron chi connectivity index (χ4n) is 2.85. The third kappa shape index (κ3) is 2.61. The lowest BCUT2D eigenvalue weighted by molar-refractivity contribution is -0.145. The van der Waals surface area contributed by atoms with Gasteiger partial charge in [0.05, 0.1) is 0 Å². The van der Waals surface area contributed by atoms with Crippen LogP contribution in [0.15, 0.2) is 42.5 Å². The van der Waals surface area contributed by atoms with Gasteiger partial charge in [0.2, 0.25) is 5.91 Å². The summed E-state index contributed by atoms with van der Waals surface area (Å²) in [6.45, 7) is 2.12. The predicted molar refractivity (Wildman–Crippen MR) is 80.0 cm³/mol. The highest BCUT2D eigenvalue weighted by atomic mass is 16.5. The van der Waals surface area contributed by atoms with Crippen molar-refractivity contribution in [2.45, 2.75) is 25.8 Å². The molecule has 1 fully saturated rings. The zero-order valence-electron chi connectivity index (χ0n) is 11.9. The number of ether oxygens (including phenoxy) is 1. The van der Waals surface area contributed by atoms with Crippen LogP contribution in [0.1, 0.15) is 19.8 Å². The van der Waals surface area contributed by atoms with E-state index >= 15 is 0 Å². The van der Waals surface area contributed by atoms with Gasteiger partial charge < -0.3 is 9.64 Å². The molecular weight excluding hydrogens is 266 g/mol. The van der Waals surface area contributed by atoms with Crippen molar-refractivity contribution in [3.8, 4) is 5.75 Å². The molecule has 1 amide bonds. The molecule has 0 aromatic heterocycles. The molecule has 1 heterocycles. The Morgan fingerprint density at radius 1 is 1.14 bits per heavy atom. The maximum Gasteiger partial charge on any atom is 0.334 e. The molecule has 108 valence electrons. The molecule has 0 radical (unpaired) electrons. The van der Waals surface area contributed by atoms with E-state index in [1.54, 1.807) is 11.0 Å². The molecule has 0 bridgehead atoms. The van der Waals surface area contributed by atoms with Gasteiger partial charge in [-0.05, 0) is 24.3 Å². The summed E-state index contributed by atoms with van der Waals surface area (Å²) in [5, 5.41) is 1.93. The Morgan fingerprint density at radius 2 is 1.90 bits per heavy atom. The minimum atomic E-state index is -0.457. The van der Waals surface area contributed by atoms with Gasteiger partial charge in [-0.1, -0.05) is 36.4 Å². The largest absolute Gasteiger partial charge is 0.424 e. The number of fused-ring (bicyclic) bond motifs is 1. The molecule has 0 spiro atoms. The number of hydrogen-bond acceptors (Lipinski definition) is 3. The standard InChI is InChI=1S/C17H17NO3/c1-12(19)18-11-5-9-15(18)17(20)21-16-10-4-7-13-6-2-3-8-14(13)16/h2-4,6-8,10,15H,5,9,11H2,1H3. The molecule has 21 heavy (non-hydrogen) atoms. The van der Waals surface area contributed by atoms with E-state index in [1.807, 2.05) is 36.4 Å². The van der Waals surface area contributed by atoms with E-state index in [9.17, 15) is 9.59 Å². The second kappa shape index (κ2) is 5.56. The monoisotopic (exact) mass is 283 g/mol. The molecule has 2 aromatic rings. The lowest BCUT2D eigenvalue weighted by Gasteiger charge is -2.21. The topological polar surface area (TPSA) is 46.6 Å². The predicted octanol–water partition coefficient (Wildman–Crippen LogP) is 2.76. The van der Waals surface area contributed by atoms with E-state index in [1.165, 1.54) is 6.92 Å². The lowest BCUT2D eigenvalue weighted by atomic mass is 10.1. The van der Waals surface area contributed by atoms with Gasteiger partial charge in [-0.3, -0.25) is 4.79 Å². The Balaban J connectivity index is 1.85. The summed E-state index contributed by atoms with van der Waals surface area (Å²) < 4.78 is 5.56. The van der Waals surface area contributed by atoms with Crippen LogP contribution < -0.4 is 4.74 Å². The smallest absolute Gasteiger partial charge is 0.334 e. The second-order valence-corrected chi connectivity index (χ2v) is 5.27. The second-order valence-electron chi connectivity index (χ2n) is 5.27. The number of amides is 1. The molecule has 1 atom stereocenters. The summed E-state index contributed by atoms with van der Waals surface area (Å²) in [5.41, 5.74) is 0. The van der Waals surface area contributed by atoms with E-state index in [0.29, 0.717) is 18.7 Å². The van der Waals surface area contributed by atoms with Crippen molar-refractivity contribution >= 4 is 22.6 Å². The van der Waals surface area contributed by atoms with Crippen LogP contribution in [0.2, 0.25) is 0 Å². The van der Waals surface area contributed by atoms with Gasteiger partial charge >= 0.3 is 5.97 Å². The van der Waals surface area contributed by atoms with E-state index in [2.05, 4.69) is 0 Å². The van der Waals surface area contributed by atoms with Crippen molar-refractivity contribution in [2.24, 2.45) is 0 Å². The average molecular weight is 283 g/mol. The molecule has 2 aromatic carbocycles. The number of rotatable bonds is 2. The van der Waals surface area contributed by atoms with Crippen molar-refractivity contribution in [2.75, 3.05) is 6.54 Å². The number of hydrogen-bond donors (Lipinski definition) is 0. The normalized spacial score (nSPS) is 18.0. The number of esters is 1. The molecule has 1 unspecified atom stereocenters. The Morgan fingerprint density at radius 3 is 2.71 bits per heavy atom. The zero-order chi connectivity index (χ0) is 14.8. The Labute approximate surface area is 123 Å². The molecule has 4 heteroatoms. The third-order valence-corrected chi connectivity index (χ3v) is 3.89. The molecule has 0 aliphatic carbocycles. The Hall–Kier alpha value is -2.36. The highest BCUT2D eigenvalue weighted by Gasteiger charge is 2.34. The number of likely N-dealkylation sites (tertiary alicyclic amines) is 1. The first kappa shape index (κ1) is 13.6. The first-order valence-electron chi connectivity index (χ1n) is 7.13. The van der Waals surface area contributed by atoms with Crippen LogP contribution in [-0.4, -0.2) is 29.4 Å². The Bertz CT molecular complexity index is 690. The minimum Gasteiger partial charge on any atom is -0.424 e.